The van der Waals surface area contributed by atoms with Crippen LogP contribution in [0.25, 0.3) is 0 Å². The van der Waals surface area contributed by atoms with Crippen LogP contribution < -0.4 is 5.73 Å². The molecule has 0 atom stereocenters. The molecule has 0 spiro atoms. The van der Waals surface area contributed by atoms with Crippen molar-refractivity contribution in [1.29, 1.82) is 0 Å². The summed E-state index contributed by atoms with van der Waals surface area (Å²) in [5.74, 6) is 0.126. The van der Waals surface area contributed by atoms with Crippen molar-refractivity contribution in [3.63, 3.8) is 0 Å². The summed E-state index contributed by atoms with van der Waals surface area (Å²) < 4.78 is 0. The summed E-state index contributed by atoms with van der Waals surface area (Å²) >= 11 is 5.84. The zero-order valence-electron chi connectivity index (χ0n) is 12.8. The Morgan fingerprint density at radius 3 is 2.09 bits per heavy atom. The lowest BCUT2D eigenvalue weighted by Gasteiger charge is -2.36. The predicted octanol–water partition coefficient (Wildman–Crippen LogP) is 1.47. The second kappa shape index (κ2) is 7.07. The number of carbonyl (C=O) groups is 2. The van der Waals surface area contributed by atoms with Gasteiger partial charge in [-0.2, -0.15) is 0 Å². The second-order valence-electron chi connectivity index (χ2n) is 6.13. The zero-order valence-corrected chi connectivity index (χ0v) is 14.4. The molecular formula is C16H21Cl2N3O2. The number of benzene rings is 1. The fourth-order valence-electron chi connectivity index (χ4n) is 2.71. The molecule has 0 bridgehead atoms. The lowest BCUT2D eigenvalue weighted by atomic mass is 10.1. The van der Waals surface area contributed by atoms with E-state index >= 15 is 0 Å². The van der Waals surface area contributed by atoms with Crippen LogP contribution in [0.2, 0.25) is 5.02 Å². The Bertz CT molecular complexity index is 579. The van der Waals surface area contributed by atoms with E-state index in [4.69, 9.17) is 17.3 Å². The molecular weight excluding hydrogens is 337 g/mol. The third kappa shape index (κ3) is 4.16. The van der Waals surface area contributed by atoms with Crippen molar-refractivity contribution in [2.75, 3.05) is 26.2 Å². The molecule has 1 aliphatic heterocycles. The van der Waals surface area contributed by atoms with Crippen molar-refractivity contribution >= 4 is 35.8 Å². The van der Waals surface area contributed by atoms with Crippen LogP contribution >= 0.6 is 24.0 Å². The molecule has 0 unspecified atom stereocenters. The van der Waals surface area contributed by atoms with Crippen molar-refractivity contribution in [1.82, 2.24) is 9.80 Å². The maximum Gasteiger partial charge on any atom is 0.242 e. The average molecular weight is 358 g/mol. The number of piperazine rings is 1. The number of hydrogen-bond donors (Lipinski definition) is 1. The van der Waals surface area contributed by atoms with Gasteiger partial charge >= 0.3 is 0 Å². The van der Waals surface area contributed by atoms with E-state index in [0.29, 0.717) is 37.6 Å². The molecule has 1 saturated heterocycles. The Balaban J connectivity index is 0.00000192. The summed E-state index contributed by atoms with van der Waals surface area (Å²) in [5, 5.41) is 0.666. The third-order valence-corrected chi connectivity index (χ3v) is 4.65. The van der Waals surface area contributed by atoms with Gasteiger partial charge in [-0.25, -0.2) is 0 Å². The molecule has 2 fully saturated rings. The number of carbonyl (C=O) groups excluding carboxylic acids is 2. The van der Waals surface area contributed by atoms with Gasteiger partial charge in [-0.05, 0) is 30.5 Å². The van der Waals surface area contributed by atoms with E-state index in [1.807, 2.05) is 17.0 Å². The van der Waals surface area contributed by atoms with Crippen LogP contribution in [0.3, 0.4) is 0 Å². The molecule has 2 N–H and O–H groups in total. The molecule has 1 aliphatic carbocycles. The fourth-order valence-corrected chi connectivity index (χ4v) is 2.84. The van der Waals surface area contributed by atoms with E-state index in [9.17, 15) is 9.59 Å². The Morgan fingerprint density at radius 1 is 1.04 bits per heavy atom. The number of hydrogen-bond acceptors (Lipinski definition) is 3. The minimum Gasteiger partial charge on any atom is -0.339 e. The van der Waals surface area contributed by atoms with Crippen molar-refractivity contribution in [3.05, 3.63) is 34.9 Å². The van der Waals surface area contributed by atoms with E-state index in [0.717, 1.165) is 18.4 Å². The SMILES string of the molecule is Cl.NC1(C(=O)N2CCN(C(=O)Cc3ccc(Cl)cc3)CC2)CC1. The first-order chi connectivity index (χ1) is 10.5. The highest BCUT2D eigenvalue weighted by Gasteiger charge is 2.48. The lowest BCUT2D eigenvalue weighted by Crippen LogP contribution is -2.55. The second-order valence-corrected chi connectivity index (χ2v) is 6.57. The summed E-state index contributed by atoms with van der Waals surface area (Å²) in [5.41, 5.74) is 6.28. The minimum absolute atomic E-state index is 0. The van der Waals surface area contributed by atoms with Crippen molar-refractivity contribution in [2.45, 2.75) is 24.8 Å². The van der Waals surface area contributed by atoms with Crippen LogP contribution in [0.1, 0.15) is 18.4 Å². The number of nitrogens with two attached hydrogens (primary N) is 1. The molecule has 3 rings (SSSR count). The van der Waals surface area contributed by atoms with Gasteiger partial charge in [0.05, 0.1) is 12.0 Å². The normalized spacial score (nSPS) is 19.0. The highest BCUT2D eigenvalue weighted by Crippen LogP contribution is 2.34. The van der Waals surface area contributed by atoms with E-state index in [1.165, 1.54) is 0 Å². The van der Waals surface area contributed by atoms with Crippen LogP contribution in [0.15, 0.2) is 24.3 Å². The summed E-state index contributed by atoms with van der Waals surface area (Å²) in [7, 11) is 0. The van der Waals surface area contributed by atoms with Gasteiger partial charge in [0.1, 0.15) is 0 Å². The van der Waals surface area contributed by atoms with Crippen molar-refractivity contribution < 1.29 is 9.59 Å². The first-order valence-electron chi connectivity index (χ1n) is 7.58. The molecule has 0 aromatic heterocycles. The van der Waals surface area contributed by atoms with Crippen molar-refractivity contribution in [2.24, 2.45) is 5.73 Å². The molecule has 0 radical (unpaired) electrons. The standard InChI is InChI=1S/C16H20ClN3O2.ClH/c17-13-3-1-12(2-4-13)11-14(21)19-7-9-20(10-8-19)15(22)16(18)5-6-16;/h1-4H,5-11,18H2;1H. The highest BCUT2D eigenvalue weighted by molar-refractivity contribution is 6.30. The van der Waals surface area contributed by atoms with E-state index in [1.54, 1.807) is 17.0 Å². The first kappa shape index (κ1) is 18.0. The summed E-state index contributed by atoms with van der Waals surface area (Å²) in [6.45, 7) is 2.30. The van der Waals surface area contributed by atoms with E-state index < -0.39 is 5.54 Å². The summed E-state index contributed by atoms with van der Waals surface area (Å²) in [6.07, 6.45) is 1.93. The molecule has 2 aliphatic rings. The quantitative estimate of drug-likeness (QED) is 0.890. The van der Waals surface area contributed by atoms with E-state index in [2.05, 4.69) is 0 Å². The first-order valence-corrected chi connectivity index (χ1v) is 7.96. The molecule has 1 aromatic carbocycles. The number of rotatable bonds is 3. The molecule has 7 heteroatoms. The predicted molar refractivity (Wildman–Crippen MR) is 91.7 cm³/mol. The number of halogens is 2. The molecule has 126 valence electrons. The Labute approximate surface area is 147 Å². The summed E-state index contributed by atoms with van der Waals surface area (Å²) in [4.78, 5) is 28.1. The Hall–Kier alpha value is -1.30. The van der Waals surface area contributed by atoms with Crippen LogP contribution in [-0.2, 0) is 16.0 Å². The minimum atomic E-state index is -0.616. The molecule has 23 heavy (non-hydrogen) atoms. The van der Waals surface area contributed by atoms with Gasteiger partial charge in [0.25, 0.3) is 0 Å². The molecule has 1 saturated carbocycles. The van der Waals surface area contributed by atoms with Crippen LogP contribution in [0, 0.1) is 0 Å². The maximum absolute atomic E-state index is 12.3. The molecule has 1 aromatic rings. The van der Waals surface area contributed by atoms with Gasteiger partial charge in [-0.1, -0.05) is 23.7 Å². The molecule has 5 nitrogen and oxygen atoms in total. The third-order valence-electron chi connectivity index (χ3n) is 4.40. The molecule has 1 heterocycles. The number of amides is 2. The number of nitrogens with zero attached hydrogens (tertiary/aromatic N) is 2. The Morgan fingerprint density at radius 2 is 1.57 bits per heavy atom. The highest BCUT2D eigenvalue weighted by atomic mass is 35.5. The smallest absolute Gasteiger partial charge is 0.242 e. The Kier molecular flexibility index (Phi) is 5.55. The fraction of sp³-hybridized carbons (Fsp3) is 0.500. The van der Waals surface area contributed by atoms with Gasteiger partial charge in [0.15, 0.2) is 0 Å². The maximum atomic E-state index is 12.3. The lowest BCUT2D eigenvalue weighted by molar-refractivity contribution is -0.140. The van der Waals surface area contributed by atoms with Gasteiger partial charge in [-0.3, -0.25) is 9.59 Å². The van der Waals surface area contributed by atoms with Crippen LogP contribution in [0.5, 0.6) is 0 Å². The van der Waals surface area contributed by atoms with Crippen LogP contribution in [-0.4, -0.2) is 53.3 Å². The van der Waals surface area contributed by atoms with Gasteiger partial charge < -0.3 is 15.5 Å². The van der Waals surface area contributed by atoms with Gasteiger partial charge in [-0.15, -0.1) is 12.4 Å². The molecule has 2 amide bonds. The monoisotopic (exact) mass is 357 g/mol. The topological polar surface area (TPSA) is 66.6 Å². The van der Waals surface area contributed by atoms with Crippen molar-refractivity contribution in [3.8, 4) is 0 Å². The zero-order chi connectivity index (χ0) is 15.7. The van der Waals surface area contributed by atoms with Gasteiger partial charge in [0, 0.05) is 31.2 Å². The van der Waals surface area contributed by atoms with Gasteiger partial charge in [0.2, 0.25) is 11.8 Å². The largest absolute Gasteiger partial charge is 0.339 e. The average Bonchev–Trinajstić information content (AvgIpc) is 3.28. The summed E-state index contributed by atoms with van der Waals surface area (Å²) in [6, 6.07) is 7.31. The van der Waals surface area contributed by atoms with E-state index in [-0.39, 0.29) is 24.2 Å². The van der Waals surface area contributed by atoms with Crippen LogP contribution in [0.4, 0.5) is 0 Å².